The first-order chi connectivity index (χ1) is 13.5. The van der Waals surface area contributed by atoms with Crippen LogP contribution in [0, 0.1) is 10.5 Å². The quantitative estimate of drug-likeness (QED) is 0.310. The molecule has 0 unspecified atom stereocenters. The fraction of sp³-hybridized carbons (Fsp3) is 0.150. The Labute approximate surface area is 179 Å². The summed E-state index contributed by atoms with van der Waals surface area (Å²) in [5, 5.41) is 13.1. The lowest BCUT2D eigenvalue weighted by molar-refractivity contribution is -0.113. The third-order valence-corrected chi connectivity index (χ3v) is 5.97. The van der Waals surface area contributed by atoms with Crippen molar-refractivity contribution >= 4 is 56.9 Å². The number of furan rings is 1. The molecule has 0 aliphatic heterocycles. The molecule has 4 rings (SSSR count). The van der Waals surface area contributed by atoms with Crippen LogP contribution in [0.25, 0.3) is 22.6 Å². The predicted molar refractivity (Wildman–Crippen MR) is 119 cm³/mol. The number of benzene rings is 2. The standard InChI is InChI=1S/C20H17IN4O2S/c1-12-9-14(21)7-8-15(12)22-18(26)11-28-20-24-23-19(25(20)2)17-10-13-5-3-4-6-16(13)27-17/h3-10H,11H2,1-2H3,(H,22,26). The molecule has 28 heavy (non-hydrogen) atoms. The zero-order valence-corrected chi connectivity index (χ0v) is 18.2. The minimum absolute atomic E-state index is 0.0809. The van der Waals surface area contributed by atoms with E-state index in [0.717, 1.165) is 25.8 Å². The van der Waals surface area contributed by atoms with Gasteiger partial charge in [0.25, 0.3) is 0 Å². The largest absolute Gasteiger partial charge is 0.453 e. The summed E-state index contributed by atoms with van der Waals surface area (Å²) < 4.78 is 8.84. The highest BCUT2D eigenvalue weighted by atomic mass is 127. The van der Waals surface area contributed by atoms with E-state index in [1.165, 1.54) is 11.8 Å². The Hall–Kier alpha value is -2.33. The van der Waals surface area contributed by atoms with Crippen molar-refractivity contribution in [3.63, 3.8) is 0 Å². The third kappa shape index (κ3) is 3.93. The molecule has 8 heteroatoms. The maximum absolute atomic E-state index is 12.3. The monoisotopic (exact) mass is 504 g/mol. The highest BCUT2D eigenvalue weighted by Crippen LogP contribution is 2.28. The van der Waals surface area contributed by atoms with Crippen molar-refractivity contribution in [2.75, 3.05) is 11.1 Å². The van der Waals surface area contributed by atoms with E-state index < -0.39 is 0 Å². The van der Waals surface area contributed by atoms with E-state index in [1.54, 1.807) is 0 Å². The van der Waals surface area contributed by atoms with Crippen LogP contribution in [-0.4, -0.2) is 26.4 Å². The molecule has 0 atom stereocenters. The van der Waals surface area contributed by atoms with Crippen molar-refractivity contribution in [2.24, 2.45) is 7.05 Å². The fourth-order valence-electron chi connectivity index (χ4n) is 2.83. The van der Waals surface area contributed by atoms with Crippen molar-refractivity contribution < 1.29 is 9.21 Å². The number of fused-ring (bicyclic) bond motifs is 1. The molecule has 4 aromatic rings. The number of hydrogen-bond donors (Lipinski definition) is 1. The summed E-state index contributed by atoms with van der Waals surface area (Å²) in [5.74, 6) is 1.45. The maximum atomic E-state index is 12.3. The molecule has 0 spiro atoms. The van der Waals surface area contributed by atoms with Crippen LogP contribution < -0.4 is 5.32 Å². The number of anilines is 1. The molecule has 0 saturated heterocycles. The molecule has 2 aromatic carbocycles. The Morgan fingerprint density at radius 1 is 1.21 bits per heavy atom. The van der Waals surface area contributed by atoms with Crippen molar-refractivity contribution in [1.82, 2.24) is 14.8 Å². The van der Waals surface area contributed by atoms with Crippen LogP contribution in [-0.2, 0) is 11.8 Å². The second kappa shape index (κ2) is 7.96. The molecular formula is C20H17IN4O2S. The Morgan fingerprint density at radius 3 is 2.82 bits per heavy atom. The molecule has 0 aliphatic rings. The number of carbonyl (C=O) groups excluding carboxylic acids is 1. The average molecular weight is 504 g/mol. The Morgan fingerprint density at radius 2 is 2.04 bits per heavy atom. The summed E-state index contributed by atoms with van der Waals surface area (Å²) in [7, 11) is 1.87. The van der Waals surface area contributed by atoms with Gasteiger partial charge in [0, 0.05) is 21.7 Å². The molecule has 0 aliphatic carbocycles. The number of amides is 1. The van der Waals surface area contributed by atoms with E-state index in [-0.39, 0.29) is 11.7 Å². The number of aryl methyl sites for hydroxylation is 1. The number of carbonyl (C=O) groups is 1. The van der Waals surface area contributed by atoms with Crippen LogP contribution >= 0.6 is 34.4 Å². The molecule has 142 valence electrons. The van der Waals surface area contributed by atoms with Gasteiger partial charge < -0.3 is 14.3 Å². The number of rotatable bonds is 5. The summed E-state index contributed by atoms with van der Waals surface area (Å²) in [6.07, 6.45) is 0. The minimum atomic E-state index is -0.0809. The van der Waals surface area contributed by atoms with Gasteiger partial charge in [-0.2, -0.15) is 0 Å². The van der Waals surface area contributed by atoms with Gasteiger partial charge >= 0.3 is 0 Å². The van der Waals surface area contributed by atoms with Gasteiger partial charge in [-0.1, -0.05) is 30.0 Å². The first-order valence-electron chi connectivity index (χ1n) is 8.58. The van der Waals surface area contributed by atoms with Crippen molar-refractivity contribution in [1.29, 1.82) is 0 Å². The summed E-state index contributed by atoms with van der Waals surface area (Å²) in [6, 6.07) is 15.7. The SMILES string of the molecule is Cc1cc(I)ccc1NC(=O)CSc1nnc(-c2cc3ccccc3o2)n1C. The lowest BCUT2D eigenvalue weighted by Gasteiger charge is -2.08. The number of nitrogens with zero attached hydrogens (tertiary/aromatic N) is 3. The number of hydrogen-bond acceptors (Lipinski definition) is 5. The second-order valence-corrected chi connectivity index (χ2v) is 8.50. The summed E-state index contributed by atoms with van der Waals surface area (Å²) >= 11 is 3.59. The first-order valence-corrected chi connectivity index (χ1v) is 10.6. The van der Waals surface area contributed by atoms with Crippen LogP contribution in [0.3, 0.4) is 0 Å². The third-order valence-electron chi connectivity index (χ3n) is 4.28. The maximum Gasteiger partial charge on any atom is 0.234 e. The van der Waals surface area contributed by atoms with Crippen LogP contribution in [0.15, 0.2) is 58.1 Å². The van der Waals surface area contributed by atoms with Crippen molar-refractivity contribution in [3.05, 3.63) is 57.7 Å². The molecule has 2 aromatic heterocycles. The number of para-hydroxylation sites is 1. The van der Waals surface area contributed by atoms with Gasteiger partial charge in [0.15, 0.2) is 16.7 Å². The van der Waals surface area contributed by atoms with E-state index in [1.807, 2.05) is 67.1 Å². The van der Waals surface area contributed by atoms with Crippen LogP contribution in [0.2, 0.25) is 0 Å². The van der Waals surface area contributed by atoms with E-state index in [4.69, 9.17) is 4.42 Å². The average Bonchev–Trinajstić information content (AvgIpc) is 3.25. The molecule has 6 nitrogen and oxygen atoms in total. The van der Waals surface area contributed by atoms with Gasteiger partial charge in [-0.25, -0.2) is 0 Å². The Balaban J connectivity index is 1.45. The van der Waals surface area contributed by atoms with Gasteiger partial charge in [-0.05, 0) is 65.4 Å². The van der Waals surface area contributed by atoms with Crippen molar-refractivity contribution in [2.45, 2.75) is 12.1 Å². The summed E-state index contributed by atoms with van der Waals surface area (Å²) in [4.78, 5) is 12.3. The molecule has 2 heterocycles. The van der Waals surface area contributed by atoms with Crippen LogP contribution in [0.1, 0.15) is 5.56 Å². The topological polar surface area (TPSA) is 73.0 Å². The number of halogens is 1. The van der Waals surface area contributed by atoms with Crippen molar-refractivity contribution in [3.8, 4) is 11.6 Å². The van der Waals surface area contributed by atoms with Gasteiger partial charge in [-0.3, -0.25) is 4.79 Å². The summed E-state index contributed by atoms with van der Waals surface area (Å²) in [5.41, 5.74) is 2.67. The zero-order valence-electron chi connectivity index (χ0n) is 15.3. The predicted octanol–water partition coefficient (Wildman–Crippen LogP) is 4.87. The highest BCUT2D eigenvalue weighted by molar-refractivity contribution is 14.1. The molecule has 1 amide bonds. The second-order valence-electron chi connectivity index (χ2n) is 6.31. The Bertz CT molecular complexity index is 1140. The fourth-order valence-corrected chi connectivity index (χ4v) is 4.19. The normalized spacial score (nSPS) is 11.1. The van der Waals surface area contributed by atoms with Gasteiger partial charge in [0.1, 0.15) is 5.58 Å². The number of thioether (sulfide) groups is 1. The van der Waals surface area contributed by atoms with Gasteiger partial charge in [0.05, 0.1) is 5.75 Å². The summed E-state index contributed by atoms with van der Waals surface area (Å²) in [6.45, 7) is 1.98. The lowest BCUT2D eigenvalue weighted by Crippen LogP contribution is -2.15. The molecule has 0 bridgehead atoms. The molecular weight excluding hydrogens is 487 g/mol. The minimum Gasteiger partial charge on any atom is -0.453 e. The molecule has 1 N–H and O–H groups in total. The molecule has 0 radical (unpaired) electrons. The van der Waals surface area contributed by atoms with E-state index in [2.05, 4.69) is 38.1 Å². The first kappa shape index (κ1) is 19.0. The van der Waals surface area contributed by atoms with E-state index in [0.29, 0.717) is 16.7 Å². The number of nitrogens with one attached hydrogen (secondary N) is 1. The number of aromatic nitrogens is 3. The van der Waals surface area contributed by atoms with Crippen LogP contribution in [0.5, 0.6) is 0 Å². The molecule has 0 saturated carbocycles. The Kier molecular flexibility index (Phi) is 5.40. The smallest absolute Gasteiger partial charge is 0.234 e. The van der Waals surface area contributed by atoms with Gasteiger partial charge in [-0.15, -0.1) is 10.2 Å². The van der Waals surface area contributed by atoms with Crippen LogP contribution in [0.4, 0.5) is 5.69 Å². The highest BCUT2D eigenvalue weighted by Gasteiger charge is 2.16. The van der Waals surface area contributed by atoms with E-state index >= 15 is 0 Å². The zero-order chi connectivity index (χ0) is 19.7. The van der Waals surface area contributed by atoms with E-state index in [9.17, 15) is 4.79 Å². The molecule has 0 fully saturated rings. The lowest BCUT2D eigenvalue weighted by atomic mass is 10.2. The van der Waals surface area contributed by atoms with Gasteiger partial charge in [0.2, 0.25) is 5.91 Å².